The molecule has 4 aromatic heterocycles. The van der Waals surface area contributed by atoms with E-state index in [1.54, 1.807) is 0 Å². The van der Waals surface area contributed by atoms with Crippen LogP contribution in [-0.2, 0) is 65.8 Å². The zero-order chi connectivity index (χ0) is 96.6. The Balaban J connectivity index is 0.000000127. The van der Waals surface area contributed by atoms with Crippen molar-refractivity contribution in [1.82, 2.24) is 114 Å². The fourth-order valence-corrected chi connectivity index (χ4v) is 25.0. The Bertz CT molecular complexity index is 6500. The second-order valence-electron chi connectivity index (χ2n) is 38.1. The molecule has 8 fully saturated rings. The molecular weight excluding hydrogens is 1830 g/mol. The third-order valence-electron chi connectivity index (χ3n) is 29.3. The molecule has 6 saturated heterocycles. The number of aromatic amines is 4. The third-order valence-corrected chi connectivity index (χ3v) is 33.5. The summed E-state index contributed by atoms with van der Waals surface area (Å²) in [5.74, 6) is 6.51. The van der Waals surface area contributed by atoms with Crippen LogP contribution in [0, 0.1) is 40.9 Å². The van der Waals surface area contributed by atoms with Crippen LogP contribution in [0.5, 0.6) is 0 Å². The Morgan fingerprint density at radius 2 is 0.594 bits per heavy atom. The molecule has 0 atom stereocenters. The Kier molecular flexibility index (Phi) is 30.4. The van der Waals surface area contributed by atoms with Crippen LogP contribution in [0.1, 0.15) is 172 Å². The highest BCUT2D eigenvalue weighted by Crippen LogP contribution is 2.47. The molecule has 2 saturated carbocycles. The van der Waals surface area contributed by atoms with Crippen LogP contribution >= 0.6 is 0 Å². The van der Waals surface area contributed by atoms with E-state index in [4.69, 9.17) is 37.4 Å². The van der Waals surface area contributed by atoms with Gasteiger partial charge in [0.25, 0.3) is 0 Å². The fourth-order valence-electron chi connectivity index (χ4n) is 21.0. The average Bonchev–Trinajstić information content (AvgIpc) is 1.20. The first-order valence-electron chi connectivity index (χ1n) is 47.7. The van der Waals surface area contributed by atoms with Gasteiger partial charge >= 0.3 is 0 Å². The highest BCUT2D eigenvalue weighted by Gasteiger charge is 2.37. The maximum absolute atomic E-state index is 13.0. The highest BCUT2D eigenvalue weighted by atomic mass is 32.2. The van der Waals surface area contributed by atoms with Crippen LogP contribution < -0.4 is 53.3 Å². The predicted octanol–water partition coefficient (Wildman–Crippen LogP) is 9.82. The Hall–Kier alpha value is -11.9. The number of rotatable bonds is 27. The van der Waals surface area contributed by atoms with Gasteiger partial charge in [-0.05, 0) is 236 Å². The molecule has 728 valence electrons. The van der Waals surface area contributed by atoms with E-state index in [9.17, 15) is 33.7 Å². The summed E-state index contributed by atoms with van der Waals surface area (Å²) in [5, 5.41) is 102. The number of primary sulfonamides is 4. The smallest absolute Gasteiger partial charge is 0.239 e. The van der Waals surface area contributed by atoms with E-state index in [-0.39, 0.29) is 48.8 Å². The molecular formula is C97H123N29O8S4. The number of benzene rings is 8. The number of nitrogens with one attached hydrogen (secondary N) is 9. The number of likely N-dealkylation sites (tertiary alicyclic amines) is 2. The van der Waals surface area contributed by atoms with Crippen LogP contribution in [0.15, 0.2) is 178 Å². The molecule has 0 spiro atoms. The average molecular weight is 1950 g/mol. The number of piperidine rings is 2. The van der Waals surface area contributed by atoms with Crippen LogP contribution in [-0.4, -0.2) is 210 Å². The number of nitrogens with zero attached hydrogens (tertiary/aromatic N) is 14. The van der Waals surface area contributed by atoms with Crippen molar-refractivity contribution in [2.24, 2.45) is 67.5 Å². The number of guanidine groups is 1. The summed E-state index contributed by atoms with van der Waals surface area (Å²) in [5.41, 5.74) is 27.1. The minimum atomic E-state index is -4.09. The largest absolute Gasteiger partial charge is 0.386 e. The van der Waals surface area contributed by atoms with Gasteiger partial charge in [0, 0.05) is 89.1 Å². The molecule has 8 aliphatic rings. The Morgan fingerprint density at radius 1 is 0.341 bits per heavy atom. The molecule has 37 nitrogen and oxygen atoms in total. The van der Waals surface area contributed by atoms with E-state index in [2.05, 4.69) is 161 Å². The van der Waals surface area contributed by atoms with Crippen molar-refractivity contribution in [3.8, 4) is 90.1 Å². The quantitative estimate of drug-likeness (QED) is 0.0168. The molecule has 20 rings (SSSR count). The Morgan fingerprint density at radius 3 is 0.819 bits per heavy atom. The number of H-pyrrole nitrogens is 4. The van der Waals surface area contributed by atoms with E-state index < -0.39 is 40.1 Å². The zero-order valence-electron chi connectivity index (χ0n) is 77.7. The first kappa shape index (κ1) is 97.8. The molecule has 8 aromatic carbocycles. The van der Waals surface area contributed by atoms with Gasteiger partial charge in [-0.3, -0.25) is 5.41 Å². The van der Waals surface area contributed by atoms with Crippen molar-refractivity contribution in [3.05, 3.63) is 203 Å². The van der Waals surface area contributed by atoms with Gasteiger partial charge in [0.05, 0.1) is 47.7 Å². The van der Waals surface area contributed by atoms with Gasteiger partial charge in [0.2, 0.25) is 63.4 Å². The van der Waals surface area contributed by atoms with Gasteiger partial charge in [0.15, 0.2) is 5.96 Å². The SMILES string of the molecule is C=C(N)N1CCC(Cc2ccc(-c3ccc(C4CNC4)cc3)c(-c3nn[nH]n3)c2S(N)(=O)=O)CC1.CCC1CCC(Cc2ccc(-c3ccc(C4CNC4)cc3)c(-c3nn[nH]n3)c2S(N)(=O)=O)CC1.CCC1CCC(Cc2ccc(-c3ccc(C4CNC4)cc3)c(-c3nn[nH]n3)c2S(N)(=O)=O)CC1.N=C(N)N1CC(c2ccc(-c3ccc(CC4CCNCC4)c(S(N)(=O)=O)c3-c3nn[nH]n3)cc2)C1. The van der Waals surface area contributed by atoms with E-state index >= 15 is 0 Å². The summed E-state index contributed by atoms with van der Waals surface area (Å²) in [6.45, 7) is 19.0. The van der Waals surface area contributed by atoms with Crippen molar-refractivity contribution >= 4 is 46.1 Å². The molecule has 41 heteroatoms. The van der Waals surface area contributed by atoms with E-state index in [0.717, 1.165) is 179 Å². The maximum Gasteiger partial charge on any atom is 0.239 e. The molecule has 6 aliphatic heterocycles. The molecule has 0 amide bonds. The number of hydrogen-bond donors (Lipinski definition) is 15. The zero-order valence-corrected chi connectivity index (χ0v) is 80.9. The van der Waals surface area contributed by atoms with Gasteiger partial charge in [-0.25, -0.2) is 54.2 Å². The summed E-state index contributed by atoms with van der Waals surface area (Å²) in [7, 11) is -16.2. The monoisotopic (exact) mass is 1950 g/mol. The summed E-state index contributed by atoms with van der Waals surface area (Å²) in [4.78, 5) is 4.23. The minimum Gasteiger partial charge on any atom is -0.386 e. The van der Waals surface area contributed by atoms with Gasteiger partial charge < -0.3 is 42.5 Å². The van der Waals surface area contributed by atoms with E-state index in [0.29, 0.717) is 136 Å². The first-order chi connectivity index (χ1) is 66.5. The van der Waals surface area contributed by atoms with E-state index in [1.807, 2.05) is 119 Å². The van der Waals surface area contributed by atoms with Crippen LogP contribution in [0.4, 0.5) is 0 Å². The topological polar surface area (TPSA) is 589 Å². The molecule has 0 bridgehead atoms. The van der Waals surface area contributed by atoms with E-state index in [1.165, 1.54) is 55.2 Å². The number of aromatic nitrogens is 16. The molecule has 21 N–H and O–H groups in total. The maximum atomic E-state index is 13.0. The number of nitrogens with two attached hydrogens (primary N) is 6. The summed E-state index contributed by atoms with van der Waals surface area (Å²) < 4.78 is 104. The summed E-state index contributed by atoms with van der Waals surface area (Å²) in [6.07, 6.45) is 17.9. The fraction of sp³-hybridized carbons (Fsp3) is 0.433. The van der Waals surface area contributed by atoms with Gasteiger partial charge in [-0.1, -0.05) is 205 Å². The number of sulfonamides is 4. The third kappa shape index (κ3) is 22.7. The normalized spacial score (nSPS) is 19.3. The lowest BCUT2D eigenvalue weighted by molar-refractivity contribution is 0.224. The number of tetrazole rings is 4. The molecule has 10 heterocycles. The molecule has 138 heavy (non-hydrogen) atoms. The first-order valence-corrected chi connectivity index (χ1v) is 53.9. The van der Waals surface area contributed by atoms with Crippen molar-refractivity contribution in [1.29, 1.82) is 5.41 Å². The highest BCUT2D eigenvalue weighted by molar-refractivity contribution is 7.90. The molecule has 0 radical (unpaired) electrons. The van der Waals surface area contributed by atoms with Gasteiger partial charge in [-0.2, -0.15) is 20.9 Å². The lowest BCUT2D eigenvalue weighted by Crippen LogP contribution is -2.51. The van der Waals surface area contributed by atoms with Crippen LogP contribution in [0.25, 0.3) is 90.1 Å². The van der Waals surface area contributed by atoms with Crippen molar-refractivity contribution in [3.63, 3.8) is 0 Å². The van der Waals surface area contributed by atoms with Crippen LogP contribution in [0.2, 0.25) is 0 Å². The summed E-state index contributed by atoms with van der Waals surface area (Å²) in [6, 6.07) is 48.1. The second-order valence-corrected chi connectivity index (χ2v) is 44.1. The predicted molar refractivity (Wildman–Crippen MR) is 528 cm³/mol. The Labute approximate surface area is 804 Å². The molecule has 12 aromatic rings. The molecule has 0 unspecified atom stereocenters. The number of hydrogen-bond acceptors (Lipinski definition) is 27. The van der Waals surface area contributed by atoms with Crippen molar-refractivity contribution in [2.75, 3.05) is 78.5 Å². The van der Waals surface area contributed by atoms with Gasteiger partial charge in [-0.15, -0.1) is 40.8 Å². The van der Waals surface area contributed by atoms with Crippen molar-refractivity contribution < 1.29 is 33.7 Å². The van der Waals surface area contributed by atoms with Crippen molar-refractivity contribution in [2.45, 2.75) is 173 Å². The molecule has 2 aliphatic carbocycles. The summed E-state index contributed by atoms with van der Waals surface area (Å²) >= 11 is 0. The standard InChI is InChI=1S/2C25H32N6O2S.C24H30N8O2S.C23H29N9O2S/c2*1-2-16-3-5-17(6-4-16)13-20-11-12-22(19-9-7-18(8-10-19)21-14-27-15-21)23(24(20)34(26,32)33)25-28-30-31-29-25;1-15(25)32-10-8-16(9-11-32)12-19-6-7-21(18-4-2-17(3-5-18)20-13-27-14-20)22(23(19)35(26,33)34)24-28-30-31-29-24;24-23(25)32-12-18(13-32)15-1-3-16(4-2-15)19-6-5-17(11-14-7-9-27-10-8-14)21(35(26,33)34)20(19)22-28-30-31-29-22/h2*7-12,16-17,21,27H,2-6,13-15H2,1H3,(H2,26,32,33)(H,28,29,30,31);2-7,16,20,27H,1,8-14,25H2,(H2,26,33,34)(H,28,29,30,31);1-6,14,18,27H,7-13H2,(H3,24,25)(H2,26,33,34)(H,28,29,30,31). The minimum absolute atomic E-state index is 0.0642. The van der Waals surface area contributed by atoms with Gasteiger partial charge in [0.1, 0.15) is 0 Å². The lowest BCUT2D eigenvalue weighted by Gasteiger charge is -2.39. The second kappa shape index (κ2) is 42.8. The van der Waals surface area contributed by atoms with Crippen LogP contribution in [0.3, 0.4) is 0 Å². The lowest BCUT2D eigenvalue weighted by atomic mass is 9.78.